The molecule has 4 heterocycles. The van der Waals surface area contributed by atoms with Gasteiger partial charge in [-0.3, -0.25) is 0 Å². The fourth-order valence-electron chi connectivity index (χ4n) is 19.5. The molecule has 0 saturated heterocycles. The van der Waals surface area contributed by atoms with Gasteiger partial charge in [-0.25, -0.2) is 0 Å². The number of alkyl halides is 3. The number of benzene rings is 18. The number of para-hydroxylation sites is 4. The van der Waals surface area contributed by atoms with Crippen molar-refractivity contribution in [2.24, 2.45) is 0 Å². The van der Waals surface area contributed by atoms with Crippen LogP contribution in [-0.2, 0) is 6.18 Å². The number of nitrogens with zero attached hydrogens (tertiary/aromatic N) is 4. The Hall–Kier alpha value is -14.5. The number of fused-ring (bicyclic) bond motifs is 18. The first-order valence-electron chi connectivity index (χ1n) is 40.0. The van der Waals surface area contributed by atoms with Crippen molar-refractivity contribution in [2.45, 2.75) is 32.4 Å². The summed E-state index contributed by atoms with van der Waals surface area (Å²) in [5.41, 5.74) is 33.8. The van der Waals surface area contributed by atoms with Crippen molar-refractivity contribution in [3.05, 3.63) is 387 Å². The molecule has 22 aromatic rings. The molecule has 2 aliphatic rings. The molecule has 0 N–H and O–H groups in total. The van der Waals surface area contributed by atoms with E-state index in [1.807, 2.05) is 22.8 Å². The molecule has 0 spiro atoms. The summed E-state index contributed by atoms with van der Waals surface area (Å²) >= 11 is 0. The molecule has 18 aromatic carbocycles. The summed E-state index contributed by atoms with van der Waals surface area (Å²) in [7, 11) is 0. The number of hydrogen-bond acceptors (Lipinski definition) is 0. The van der Waals surface area contributed by atoms with Gasteiger partial charge in [0, 0.05) is 65.8 Å². The standard InChI is InChI=1S/C56H40N2.C53H31F3N2/c1-3-35(2)36-22-26-40(27-23-36)57-52-20-8-6-16-45(52)50-33-37(24-30-54(50)57)38-25-31-55-51(34-38)46-17-7-9-21-53(46)58(55)41-13-10-12-39(32-41)42-28-29-49-44-15-5-4-14-43(44)48-19-11-18-47(42)56(48)49;54-53(55,56)35-21-23-36(24-22-35)57-48-17-5-3-13-41(48)46-30-32(19-27-50(46)57)33-20-28-51-47(31-33)42-14-4-6-18-49(42)58(51)37-10-7-9-34(29-37)38-25-26-45-40-12-2-1-11-39(40)44-16-8-15-43(38)52(44)45/h4-35H,3H2,1-2H3;1-31H. The van der Waals surface area contributed by atoms with Crippen LogP contribution in [0.5, 0.6) is 0 Å². The van der Waals surface area contributed by atoms with Gasteiger partial charge in [-0.2, -0.15) is 13.2 Å². The molecular weight excluding hydrogens is 1420 g/mol. The van der Waals surface area contributed by atoms with Gasteiger partial charge >= 0.3 is 6.18 Å². The highest BCUT2D eigenvalue weighted by Gasteiger charge is 2.31. The summed E-state index contributed by atoms with van der Waals surface area (Å²) in [5, 5.41) is 14.7. The van der Waals surface area contributed by atoms with Crippen molar-refractivity contribution in [3.8, 4) is 112 Å². The normalized spacial score (nSPS) is 12.5. The smallest absolute Gasteiger partial charge is 0.309 e. The van der Waals surface area contributed by atoms with Crippen molar-refractivity contribution in [1.82, 2.24) is 18.3 Å². The van der Waals surface area contributed by atoms with Crippen LogP contribution < -0.4 is 0 Å². The predicted octanol–water partition coefficient (Wildman–Crippen LogP) is 30.6. The minimum Gasteiger partial charge on any atom is -0.309 e. The van der Waals surface area contributed by atoms with Gasteiger partial charge < -0.3 is 18.3 Å². The van der Waals surface area contributed by atoms with Crippen LogP contribution in [-0.4, -0.2) is 18.3 Å². The SMILES string of the molecule is CCC(C)c1ccc(-n2c3ccccc3c3cc(-c4ccc5c(c4)c4ccccc4n5-c4cccc(-c5ccc6c7c(cccc57)-c5ccccc5-6)c4)ccc32)cc1.FC(F)(F)c1ccc(-n2c3ccccc3c3cc(-c4ccc5c(c4)c4ccccc4n5-c4cccc(-c5ccc6c7c(cccc57)-c5ccccc5-6)c4)ccc32)cc1. The van der Waals surface area contributed by atoms with Crippen LogP contribution in [0.25, 0.3) is 221 Å². The lowest BCUT2D eigenvalue weighted by Gasteiger charge is -2.13. The minimum atomic E-state index is -4.39. The zero-order valence-electron chi connectivity index (χ0n) is 63.5. The van der Waals surface area contributed by atoms with Crippen LogP contribution >= 0.6 is 0 Å². The van der Waals surface area contributed by atoms with Crippen molar-refractivity contribution in [1.29, 1.82) is 0 Å². The van der Waals surface area contributed by atoms with E-state index in [1.54, 1.807) is 12.1 Å². The largest absolute Gasteiger partial charge is 0.416 e. The maximum atomic E-state index is 13.4. The average molecular weight is 1490 g/mol. The van der Waals surface area contributed by atoms with Gasteiger partial charge in [-0.15, -0.1) is 0 Å². The highest BCUT2D eigenvalue weighted by Crippen LogP contribution is 2.52. The first-order valence-corrected chi connectivity index (χ1v) is 40.0. The van der Waals surface area contributed by atoms with E-state index in [0.29, 0.717) is 11.6 Å². The van der Waals surface area contributed by atoms with Crippen LogP contribution in [0.2, 0.25) is 0 Å². The van der Waals surface area contributed by atoms with Gasteiger partial charge in [-0.05, 0) is 262 Å². The Labute approximate surface area is 667 Å². The topological polar surface area (TPSA) is 19.7 Å². The monoisotopic (exact) mass is 1490 g/mol. The lowest BCUT2D eigenvalue weighted by atomic mass is 9.94. The Kier molecular flexibility index (Phi) is 15.1. The third-order valence-electron chi connectivity index (χ3n) is 25.1. The maximum Gasteiger partial charge on any atom is 0.416 e. The van der Waals surface area contributed by atoms with E-state index in [2.05, 4.69) is 361 Å². The zero-order chi connectivity index (χ0) is 77.2. The van der Waals surface area contributed by atoms with Crippen LogP contribution in [0, 0.1) is 0 Å². The van der Waals surface area contributed by atoms with E-state index < -0.39 is 11.7 Å². The quantitative estimate of drug-likeness (QED) is 0.130. The summed E-state index contributed by atoms with van der Waals surface area (Å²) in [5.74, 6) is 0.552. The van der Waals surface area contributed by atoms with Crippen molar-refractivity contribution in [3.63, 3.8) is 0 Å². The molecule has 116 heavy (non-hydrogen) atoms. The Morgan fingerprint density at radius 3 is 0.862 bits per heavy atom. The molecule has 4 nitrogen and oxygen atoms in total. The number of hydrogen-bond donors (Lipinski definition) is 0. The first-order chi connectivity index (χ1) is 57.0. The third kappa shape index (κ3) is 10.3. The zero-order valence-corrected chi connectivity index (χ0v) is 63.5. The highest BCUT2D eigenvalue weighted by molar-refractivity contribution is 6.21. The Bertz CT molecular complexity index is 7820. The molecule has 0 amide bonds. The van der Waals surface area contributed by atoms with Gasteiger partial charge in [0.05, 0.1) is 49.7 Å². The van der Waals surface area contributed by atoms with Gasteiger partial charge in [-0.1, -0.05) is 257 Å². The molecule has 1 atom stereocenters. The number of aromatic nitrogens is 4. The lowest BCUT2D eigenvalue weighted by molar-refractivity contribution is -0.137. The molecule has 0 radical (unpaired) electrons. The second-order valence-electron chi connectivity index (χ2n) is 31.3. The molecule has 0 bridgehead atoms. The van der Waals surface area contributed by atoms with Gasteiger partial charge in [0.1, 0.15) is 0 Å². The summed E-state index contributed by atoms with van der Waals surface area (Å²) in [4.78, 5) is 0. The van der Waals surface area contributed by atoms with Crippen LogP contribution in [0.15, 0.2) is 376 Å². The molecule has 0 saturated carbocycles. The fraction of sp³-hybridized carbons (Fsp3) is 0.0459. The number of rotatable bonds is 10. The molecule has 4 aromatic heterocycles. The molecule has 548 valence electrons. The van der Waals surface area contributed by atoms with E-state index in [9.17, 15) is 13.2 Å². The Balaban J connectivity index is 0.000000137. The van der Waals surface area contributed by atoms with Crippen molar-refractivity contribution >= 4 is 109 Å². The number of halogens is 3. The molecule has 0 fully saturated rings. The first kappa shape index (κ1) is 67.2. The average Bonchev–Trinajstić information content (AvgIpc) is 1.58. The van der Waals surface area contributed by atoms with E-state index in [0.717, 1.165) is 79.3 Å². The predicted molar refractivity (Wildman–Crippen MR) is 480 cm³/mol. The van der Waals surface area contributed by atoms with Gasteiger partial charge in [0.2, 0.25) is 0 Å². The van der Waals surface area contributed by atoms with Gasteiger partial charge in [0.15, 0.2) is 0 Å². The molecule has 7 heteroatoms. The van der Waals surface area contributed by atoms with Gasteiger partial charge in [0.25, 0.3) is 0 Å². The van der Waals surface area contributed by atoms with Crippen molar-refractivity contribution in [2.75, 3.05) is 0 Å². The minimum absolute atomic E-state index is 0.552. The van der Waals surface area contributed by atoms with E-state index in [-0.39, 0.29) is 0 Å². The van der Waals surface area contributed by atoms with Crippen molar-refractivity contribution < 1.29 is 13.2 Å². The summed E-state index contributed by atoms with van der Waals surface area (Å²) < 4.78 is 49.5. The second-order valence-corrected chi connectivity index (χ2v) is 31.3. The van der Waals surface area contributed by atoms with E-state index in [1.165, 1.54) is 160 Å². The molecular formula is C109H71F3N4. The molecule has 1 unspecified atom stereocenters. The Morgan fingerprint density at radius 2 is 0.509 bits per heavy atom. The highest BCUT2D eigenvalue weighted by atomic mass is 19.4. The summed E-state index contributed by atoms with van der Waals surface area (Å²) in [6.45, 7) is 4.56. The summed E-state index contributed by atoms with van der Waals surface area (Å²) in [6, 6.07) is 134. The summed E-state index contributed by atoms with van der Waals surface area (Å²) in [6.07, 6.45) is -3.25. The van der Waals surface area contributed by atoms with E-state index >= 15 is 0 Å². The van der Waals surface area contributed by atoms with Crippen LogP contribution in [0.1, 0.15) is 37.3 Å². The van der Waals surface area contributed by atoms with Crippen LogP contribution in [0.3, 0.4) is 0 Å². The third-order valence-corrected chi connectivity index (χ3v) is 25.1. The second kappa shape index (κ2) is 26.0. The molecule has 24 rings (SSSR count). The lowest BCUT2D eigenvalue weighted by Crippen LogP contribution is -2.05. The van der Waals surface area contributed by atoms with Crippen LogP contribution in [0.4, 0.5) is 13.2 Å². The maximum absolute atomic E-state index is 13.4. The fourth-order valence-corrected chi connectivity index (χ4v) is 19.5. The molecule has 2 aliphatic carbocycles. The van der Waals surface area contributed by atoms with E-state index in [4.69, 9.17) is 0 Å². The Morgan fingerprint density at radius 1 is 0.224 bits per heavy atom. The molecule has 0 aliphatic heterocycles.